The first-order valence-corrected chi connectivity index (χ1v) is 4.89. The second-order valence-electron chi connectivity index (χ2n) is 2.68. The van der Waals surface area contributed by atoms with Gasteiger partial charge in [0.1, 0.15) is 0 Å². The number of hydrogen-bond acceptors (Lipinski definition) is 4. The molecule has 14 heavy (non-hydrogen) atoms. The normalized spacial score (nSPS) is 12.4. The molecule has 0 amide bonds. The van der Waals surface area contributed by atoms with E-state index in [1.54, 1.807) is 6.92 Å². The molecule has 0 aliphatic rings. The van der Waals surface area contributed by atoms with Crippen LogP contribution in [0.3, 0.4) is 0 Å². The molecule has 0 aliphatic carbocycles. The van der Waals surface area contributed by atoms with E-state index in [-0.39, 0.29) is 12.3 Å². The first-order valence-electron chi connectivity index (χ1n) is 4.89. The van der Waals surface area contributed by atoms with Crippen LogP contribution in [-0.4, -0.2) is 25.5 Å². The lowest BCUT2D eigenvalue weighted by Gasteiger charge is -2.24. The molecule has 0 aromatic carbocycles. The van der Waals surface area contributed by atoms with Crippen molar-refractivity contribution in [1.29, 1.82) is 0 Å². The van der Waals surface area contributed by atoms with E-state index >= 15 is 0 Å². The second-order valence-corrected chi connectivity index (χ2v) is 2.68. The molecule has 3 N–H and O–H groups in total. The molecule has 0 aromatic rings. The van der Waals surface area contributed by atoms with Gasteiger partial charge in [-0.1, -0.05) is 0 Å². The Morgan fingerprint density at radius 3 is 2.21 bits per heavy atom. The number of ether oxygens (including phenoxy) is 2. The van der Waals surface area contributed by atoms with Crippen molar-refractivity contribution in [2.24, 2.45) is 5.84 Å². The molecule has 0 radical (unpaired) electrons. The molecule has 0 heterocycles. The number of hydrogen-bond donors (Lipinski definition) is 2. The first-order chi connectivity index (χ1) is 6.79. The topological polar surface area (TPSA) is 56.5 Å². The zero-order valence-corrected chi connectivity index (χ0v) is 9.17. The third-order valence-electron chi connectivity index (χ3n) is 1.70. The summed E-state index contributed by atoms with van der Waals surface area (Å²) in [6, 6.07) is -0.0812. The Morgan fingerprint density at radius 2 is 1.86 bits per heavy atom. The lowest BCUT2D eigenvalue weighted by atomic mass is 10.2. The number of hydrazine groups is 1. The Bertz CT molecular complexity index is 180. The zero-order chi connectivity index (χ0) is 10.8. The zero-order valence-electron chi connectivity index (χ0n) is 9.17. The van der Waals surface area contributed by atoms with Crippen LogP contribution >= 0.6 is 0 Å². The molecule has 0 bridgehead atoms. The van der Waals surface area contributed by atoms with Crippen LogP contribution in [0.25, 0.3) is 0 Å². The summed E-state index contributed by atoms with van der Waals surface area (Å²) < 4.78 is 10.8. The Labute approximate surface area is 86.1 Å². The maximum atomic E-state index is 5.40. The maximum Gasteiger partial charge on any atom is 0.174 e. The Kier molecular flexibility index (Phi) is 8.59. The van der Waals surface area contributed by atoms with Gasteiger partial charge in [0.05, 0.1) is 6.04 Å². The predicted octanol–water partition coefficient (Wildman–Crippen LogP) is 0.631. The van der Waals surface area contributed by atoms with Crippen LogP contribution in [0.5, 0.6) is 0 Å². The van der Waals surface area contributed by atoms with E-state index in [1.807, 2.05) is 13.8 Å². The highest BCUT2D eigenvalue weighted by molar-refractivity contribution is 4.98. The molecule has 0 spiro atoms. The highest BCUT2D eigenvalue weighted by atomic mass is 16.7. The third-order valence-corrected chi connectivity index (χ3v) is 1.70. The monoisotopic (exact) mass is 200 g/mol. The highest BCUT2D eigenvalue weighted by Gasteiger charge is 2.19. The van der Waals surface area contributed by atoms with Crippen molar-refractivity contribution in [3.8, 4) is 11.8 Å². The maximum absolute atomic E-state index is 5.40. The quantitative estimate of drug-likeness (QED) is 0.274. The Morgan fingerprint density at radius 1 is 1.29 bits per heavy atom. The van der Waals surface area contributed by atoms with E-state index in [0.717, 1.165) is 0 Å². The molecule has 1 unspecified atom stereocenters. The van der Waals surface area contributed by atoms with Crippen molar-refractivity contribution in [2.75, 3.05) is 13.2 Å². The summed E-state index contributed by atoms with van der Waals surface area (Å²) in [6.07, 6.45) is 0.299. The van der Waals surface area contributed by atoms with E-state index in [0.29, 0.717) is 19.6 Å². The van der Waals surface area contributed by atoms with Crippen molar-refractivity contribution in [3.63, 3.8) is 0 Å². The SMILES string of the molecule is CC#CCC(NN)C(OCC)OCC. The van der Waals surface area contributed by atoms with Crippen LogP contribution in [0.4, 0.5) is 0 Å². The minimum absolute atomic E-state index is 0.0812. The van der Waals surface area contributed by atoms with Gasteiger partial charge in [-0.05, 0) is 20.8 Å². The summed E-state index contributed by atoms with van der Waals surface area (Å²) in [4.78, 5) is 0. The summed E-state index contributed by atoms with van der Waals surface area (Å²) in [7, 11) is 0. The van der Waals surface area contributed by atoms with E-state index < -0.39 is 0 Å². The average molecular weight is 200 g/mol. The molecule has 0 saturated heterocycles. The molecule has 4 heteroatoms. The molecule has 0 aromatic heterocycles. The number of nitrogens with one attached hydrogen (secondary N) is 1. The molecular formula is C10H20N2O2. The number of rotatable bonds is 7. The standard InChI is InChI=1S/C10H20N2O2/c1-4-7-8-9(12-11)10(13-5-2)14-6-3/h9-10,12H,5-6,8,11H2,1-3H3. The molecule has 1 atom stereocenters. The second kappa shape index (κ2) is 8.97. The molecule has 0 aliphatic heterocycles. The molecule has 0 rings (SSSR count). The van der Waals surface area contributed by atoms with Gasteiger partial charge in [0.15, 0.2) is 6.29 Å². The van der Waals surface area contributed by atoms with Gasteiger partial charge in [0.25, 0.3) is 0 Å². The van der Waals surface area contributed by atoms with Gasteiger partial charge < -0.3 is 9.47 Å². The van der Waals surface area contributed by atoms with Crippen molar-refractivity contribution in [1.82, 2.24) is 5.43 Å². The Hall–Kier alpha value is -0.600. The van der Waals surface area contributed by atoms with Gasteiger partial charge in [0, 0.05) is 19.6 Å². The molecular weight excluding hydrogens is 180 g/mol. The highest BCUT2D eigenvalue weighted by Crippen LogP contribution is 2.04. The van der Waals surface area contributed by atoms with E-state index in [1.165, 1.54) is 0 Å². The van der Waals surface area contributed by atoms with Gasteiger partial charge in [-0.25, -0.2) is 0 Å². The van der Waals surface area contributed by atoms with Crippen molar-refractivity contribution < 1.29 is 9.47 Å². The van der Waals surface area contributed by atoms with E-state index in [4.69, 9.17) is 15.3 Å². The fraction of sp³-hybridized carbons (Fsp3) is 0.800. The summed E-state index contributed by atoms with van der Waals surface area (Å²) in [5.74, 6) is 11.2. The van der Waals surface area contributed by atoms with Gasteiger partial charge in [0.2, 0.25) is 0 Å². The Balaban J connectivity index is 4.14. The van der Waals surface area contributed by atoms with Crippen molar-refractivity contribution in [3.05, 3.63) is 0 Å². The first kappa shape index (κ1) is 13.4. The smallest absolute Gasteiger partial charge is 0.174 e. The van der Waals surface area contributed by atoms with Gasteiger partial charge in [-0.2, -0.15) is 0 Å². The van der Waals surface area contributed by atoms with Crippen molar-refractivity contribution in [2.45, 2.75) is 39.5 Å². The average Bonchev–Trinajstić information content (AvgIpc) is 2.19. The lowest BCUT2D eigenvalue weighted by molar-refractivity contribution is -0.153. The molecule has 0 fully saturated rings. The largest absolute Gasteiger partial charge is 0.351 e. The summed E-state index contributed by atoms with van der Waals surface area (Å²) >= 11 is 0. The fourth-order valence-corrected chi connectivity index (χ4v) is 1.05. The molecule has 0 saturated carbocycles. The summed E-state index contributed by atoms with van der Waals surface area (Å²) in [5.41, 5.74) is 2.65. The van der Waals surface area contributed by atoms with Crippen LogP contribution in [0.15, 0.2) is 0 Å². The van der Waals surface area contributed by atoms with Crippen LogP contribution in [-0.2, 0) is 9.47 Å². The van der Waals surface area contributed by atoms with Gasteiger partial charge >= 0.3 is 0 Å². The van der Waals surface area contributed by atoms with Crippen LogP contribution < -0.4 is 11.3 Å². The lowest BCUT2D eigenvalue weighted by Crippen LogP contribution is -2.46. The fourth-order valence-electron chi connectivity index (χ4n) is 1.05. The molecule has 4 nitrogen and oxygen atoms in total. The molecule has 82 valence electrons. The van der Waals surface area contributed by atoms with E-state index in [9.17, 15) is 0 Å². The summed E-state index contributed by atoms with van der Waals surface area (Å²) in [6.45, 7) is 6.84. The van der Waals surface area contributed by atoms with Crippen molar-refractivity contribution >= 4 is 0 Å². The predicted molar refractivity (Wildman–Crippen MR) is 56.2 cm³/mol. The van der Waals surface area contributed by atoms with E-state index in [2.05, 4.69) is 17.3 Å². The van der Waals surface area contributed by atoms with Crippen LogP contribution in [0.1, 0.15) is 27.2 Å². The third kappa shape index (κ3) is 5.20. The summed E-state index contributed by atoms with van der Waals surface area (Å²) in [5, 5.41) is 0. The van der Waals surface area contributed by atoms with Crippen LogP contribution in [0.2, 0.25) is 0 Å². The van der Waals surface area contributed by atoms with Gasteiger partial charge in [-0.15, -0.1) is 11.8 Å². The van der Waals surface area contributed by atoms with Crippen LogP contribution in [0, 0.1) is 11.8 Å². The minimum atomic E-state index is -0.323. The number of nitrogens with two attached hydrogens (primary N) is 1. The minimum Gasteiger partial charge on any atom is -0.351 e. The van der Waals surface area contributed by atoms with Gasteiger partial charge in [-0.3, -0.25) is 11.3 Å².